The standard InChI is InChI=1S/C28H29NO4/c30-27(33-20-22-9-5-2-6-10-22)29-24-13-14-25(29)18-28(31,17-24)23-11-15-26(16-12-23)32-19-21-7-3-1-4-8-21/h1-12,15-16,24-25,31H,13-14,17-20H2. The van der Waals surface area contributed by atoms with Crippen molar-refractivity contribution in [2.24, 2.45) is 0 Å². The minimum atomic E-state index is -0.944. The van der Waals surface area contributed by atoms with E-state index in [1.807, 2.05) is 89.8 Å². The maximum atomic E-state index is 12.8. The Bertz CT molecular complexity index is 1050. The maximum Gasteiger partial charge on any atom is 0.410 e. The topological polar surface area (TPSA) is 59.0 Å². The van der Waals surface area contributed by atoms with Crippen LogP contribution in [0.2, 0.25) is 0 Å². The number of carbonyl (C=O) groups excluding carboxylic acids is 1. The summed E-state index contributed by atoms with van der Waals surface area (Å²) >= 11 is 0. The van der Waals surface area contributed by atoms with Crippen molar-refractivity contribution in [1.82, 2.24) is 4.90 Å². The molecule has 0 spiro atoms. The zero-order valence-corrected chi connectivity index (χ0v) is 18.6. The van der Waals surface area contributed by atoms with Gasteiger partial charge in [0.05, 0.1) is 5.60 Å². The number of benzene rings is 3. The number of hydrogen-bond donors (Lipinski definition) is 1. The van der Waals surface area contributed by atoms with Gasteiger partial charge in [0.15, 0.2) is 0 Å². The molecule has 2 atom stereocenters. The molecule has 3 aromatic rings. The molecule has 5 rings (SSSR count). The number of rotatable bonds is 6. The molecule has 0 aliphatic carbocycles. The molecule has 0 aromatic heterocycles. The van der Waals surface area contributed by atoms with Gasteiger partial charge in [-0.3, -0.25) is 0 Å². The van der Waals surface area contributed by atoms with Crippen molar-refractivity contribution in [2.45, 2.75) is 56.6 Å². The highest BCUT2D eigenvalue weighted by molar-refractivity contribution is 5.69. The molecule has 0 saturated carbocycles. The normalized spacial score (nSPS) is 23.8. The summed E-state index contributed by atoms with van der Waals surface area (Å²) in [4.78, 5) is 14.7. The van der Waals surface area contributed by atoms with Crippen LogP contribution >= 0.6 is 0 Å². The highest BCUT2D eigenvalue weighted by atomic mass is 16.6. The number of amides is 1. The number of carbonyl (C=O) groups is 1. The molecule has 2 aliphatic rings. The summed E-state index contributed by atoms with van der Waals surface area (Å²) in [6, 6.07) is 27.5. The van der Waals surface area contributed by atoms with E-state index in [1.165, 1.54) is 0 Å². The van der Waals surface area contributed by atoms with Gasteiger partial charge >= 0.3 is 6.09 Å². The summed E-state index contributed by atoms with van der Waals surface area (Å²) in [7, 11) is 0. The van der Waals surface area contributed by atoms with Crippen LogP contribution in [0, 0.1) is 0 Å². The van der Waals surface area contributed by atoms with Crippen LogP contribution < -0.4 is 4.74 Å². The second-order valence-electron chi connectivity index (χ2n) is 9.07. The molecule has 2 bridgehead atoms. The third-order valence-corrected chi connectivity index (χ3v) is 6.82. The van der Waals surface area contributed by atoms with Crippen LogP contribution in [-0.2, 0) is 23.6 Å². The Balaban J connectivity index is 1.21. The zero-order valence-electron chi connectivity index (χ0n) is 18.6. The average Bonchev–Trinajstić information content (AvgIpc) is 3.14. The highest BCUT2D eigenvalue weighted by Crippen LogP contribution is 2.46. The first-order valence-electron chi connectivity index (χ1n) is 11.6. The number of piperidine rings is 1. The molecule has 1 N–H and O–H groups in total. The Morgan fingerprint density at radius 1 is 0.818 bits per heavy atom. The van der Waals surface area contributed by atoms with Crippen LogP contribution in [0.1, 0.15) is 42.4 Å². The van der Waals surface area contributed by atoms with Crippen molar-refractivity contribution < 1.29 is 19.4 Å². The first kappa shape index (κ1) is 21.5. The van der Waals surface area contributed by atoms with E-state index < -0.39 is 5.60 Å². The van der Waals surface area contributed by atoms with E-state index in [-0.39, 0.29) is 24.8 Å². The number of hydrogen-bond acceptors (Lipinski definition) is 4. The zero-order chi connectivity index (χ0) is 22.7. The summed E-state index contributed by atoms with van der Waals surface area (Å²) in [5, 5.41) is 11.5. The Labute approximate surface area is 194 Å². The minimum absolute atomic E-state index is 0.00831. The average molecular weight is 444 g/mol. The van der Waals surface area contributed by atoms with Crippen molar-refractivity contribution in [1.29, 1.82) is 0 Å². The lowest BCUT2D eigenvalue weighted by molar-refractivity contribution is -0.0537. The Morgan fingerprint density at radius 3 is 1.94 bits per heavy atom. The lowest BCUT2D eigenvalue weighted by atomic mass is 9.80. The van der Waals surface area contributed by atoms with Gasteiger partial charge in [-0.2, -0.15) is 0 Å². The van der Waals surface area contributed by atoms with Crippen molar-refractivity contribution in [3.63, 3.8) is 0 Å². The van der Waals surface area contributed by atoms with Crippen LogP contribution in [-0.4, -0.2) is 28.2 Å². The van der Waals surface area contributed by atoms with Gasteiger partial charge in [0.2, 0.25) is 0 Å². The molecule has 2 unspecified atom stereocenters. The second-order valence-corrected chi connectivity index (χ2v) is 9.07. The van der Waals surface area contributed by atoms with E-state index in [1.54, 1.807) is 0 Å². The molecule has 1 amide bonds. The summed E-state index contributed by atoms with van der Waals surface area (Å²) in [6.45, 7) is 0.777. The number of ether oxygens (including phenoxy) is 2. The molecule has 5 heteroatoms. The molecular formula is C28H29NO4. The molecule has 2 heterocycles. The molecule has 33 heavy (non-hydrogen) atoms. The minimum Gasteiger partial charge on any atom is -0.489 e. The lowest BCUT2D eigenvalue weighted by Crippen LogP contribution is -2.52. The quantitative estimate of drug-likeness (QED) is 0.553. The summed E-state index contributed by atoms with van der Waals surface area (Å²) in [5.41, 5.74) is 2.02. The Hall–Kier alpha value is -3.31. The summed E-state index contributed by atoms with van der Waals surface area (Å²) < 4.78 is 11.5. The molecule has 5 nitrogen and oxygen atoms in total. The Morgan fingerprint density at radius 2 is 1.36 bits per heavy atom. The van der Waals surface area contributed by atoms with E-state index in [4.69, 9.17) is 9.47 Å². The first-order chi connectivity index (χ1) is 16.1. The predicted octanol–water partition coefficient (Wildman–Crippen LogP) is 5.42. The van der Waals surface area contributed by atoms with Crippen molar-refractivity contribution >= 4 is 6.09 Å². The van der Waals surface area contributed by atoms with Gasteiger partial charge in [-0.15, -0.1) is 0 Å². The molecular weight excluding hydrogens is 414 g/mol. The van der Waals surface area contributed by atoms with Crippen LogP contribution in [0.3, 0.4) is 0 Å². The van der Waals surface area contributed by atoms with Crippen molar-refractivity contribution in [3.8, 4) is 5.75 Å². The lowest BCUT2D eigenvalue weighted by Gasteiger charge is -2.43. The molecule has 2 saturated heterocycles. The van der Waals surface area contributed by atoms with Gasteiger partial charge in [-0.05, 0) is 41.7 Å². The maximum absolute atomic E-state index is 12.8. The van der Waals surface area contributed by atoms with E-state index >= 15 is 0 Å². The van der Waals surface area contributed by atoms with Gasteiger partial charge in [0.25, 0.3) is 0 Å². The van der Waals surface area contributed by atoms with Crippen LogP contribution in [0.5, 0.6) is 5.75 Å². The van der Waals surface area contributed by atoms with Crippen molar-refractivity contribution in [3.05, 3.63) is 102 Å². The fraction of sp³-hybridized carbons (Fsp3) is 0.321. The monoisotopic (exact) mass is 443 g/mol. The van der Waals surface area contributed by atoms with E-state index in [2.05, 4.69) is 0 Å². The number of nitrogens with zero attached hydrogens (tertiary/aromatic N) is 1. The van der Waals surface area contributed by atoms with Gasteiger partial charge in [-0.25, -0.2) is 4.79 Å². The number of fused-ring (bicyclic) bond motifs is 2. The van der Waals surface area contributed by atoms with E-state index in [0.29, 0.717) is 19.4 Å². The van der Waals surface area contributed by atoms with Gasteiger partial charge in [-0.1, -0.05) is 72.8 Å². The van der Waals surface area contributed by atoms with Gasteiger partial charge in [0, 0.05) is 24.9 Å². The van der Waals surface area contributed by atoms with Gasteiger partial charge in [0.1, 0.15) is 19.0 Å². The van der Waals surface area contributed by atoms with E-state index in [9.17, 15) is 9.90 Å². The molecule has 170 valence electrons. The third kappa shape index (κ3) is 4.74. The summed E-state index contributed by atoms with van der Waals surface area (Å²) in [6.07, 6.45) is 2.55. The molecule has 2 aliphatic heterocycles. The van der Waals surface area contributed by atoms with Crippen LogP contribution in [0.4, 0.5) is 4.79 Å². The van der Waals surface area contributed by atoms with E-state index in [0.717, 1.165) is 35.3 Å². The van der Waals surface area contributed by atoms with Crippen LogP contribution in [0.15, 0.2) is 84.9 Å². The SMILES string of the molecule is O=C(OCc1ccccc1)N1C2CCC1CC(O)(c1ccc(OCc3ccccc3)cc1)C2. The molecule has 0 radical (unpaired) electrons. The smallest absolute Gasteiger partial charge is 0.410 e. The number of aliphatic hydroxyl groups is 1. The Kier molecular flexibility index (Phi) is 6.05. The summed E-state index contributed by atoms with van der Waals surface area (Å²) in [5.74, 6) is 0.774. The third-order valence-electron chi connectivity index (χ3n) is 6.82. The van der Waals surface area contributed by atoms with Crippen LogP contribution in [0.25, 0.3) is 0 Å². The van der Waals surface area contributed by atoms with Gasteiger partial charge < -0.3 is 19.5 Å². The molecule has 3 aromatic carbocycles. The second kappa shape index (κ2) is 9.28. The molecule has 2 fully saturated rings. The fourth-order valence-electron chi connectivity index (χ4n) is 5.15. The first-order valence-corrected chi connectivity index (χ1v) is 11.6. The highest BCUT2D eigenvalue weighted by Gasteiger charge is 2.50. The predicted molar refractivity (Wildman–Crippen MR) is 126 cm³/mol. The fourth-order valence-corrected chi connectivity index (χ4v) is 5.15. The largest absolute Gasteiger partial charge is 0.489 e. The van der Waals surface area contributed by atoms with Crippen molar-refractivity contribution in [2.75, 3.05) is 0 Å².